The molecule has 2 aliphatic rings. The standard InChI is InChI=1S/C26H26N10O3/c1-4-5-6-35-24(38)21-22(33(3)26(35)39)30-14-36(21)15(2)23(37)32-20-11-27-10-19(31-20)18-8-28-25(29-9-18)34-12-16-7-17(16)13-34/h8-11,14-17H,6-7,12-13H2,1-3H3,(H,31,32,37). The summed E-state index contributed by atoms with van der Waals surface area (Å²) in [6.45, 7) is 5.21. The van der Waals surface area contributed by atoms with Gasteiger partial charge in [-0.05, 0) is 32.1 Å². The highest BCUT2D eigenvalue weighted by Crippen LogP contribution is 2.45. The maximum Gasteiger partial charge on any atom is 0.333 e. The first kappa shape index (κ1) is 24.5. The van der Waals surface area contributed by atoms with Crippen molar-refractivity contribution in [2.45, 2.75) is 32.9 Å². The van der Waals surface area contributed by atoms with Crippen LogP contribution in [0.25, 0.3) is 22.4 Å². The van der Waals surface area contributed by atoms with E-state index in [4.69, 9.17) is 0 Å². The average molecular weight is 527 g/mol. The second-order valence-corrected chi connectivity index (χ2v) is 9.87. The number of amides is 1. The Morgan fingerprint density at radius 3 is 2.59 bits per heavy atom. The largest absolute Gasteiger partial charge is 0.340 e. The van der Waals surface area contributed by atoms with Gasteiger partial charge < -0.3 is 14.8 Å². The number of carbonyl (C=O) groups excluding carboxylic acids is 1. The first-order valence-corrected chi connectivity index (χ1v) is 12.6. The van der Waals surface area contributed by atoms with Crippen LogP contribution in [0.2, 0.25) is 0 Å². The van der Waals surface area contributed by atoms with Crippen LogP contribution < -0.4 is 21.5 Å². The SMILES string of the molecule is CC#CCn1c(=O)c2c(ncn2C(C)C(=O)Nc2cncc(-c3cnc(N4CC5CC5C4)nc3)n2)n(C)c1=O. The summed E-state index contributed by atoms with van der Waals surface area (Å²) in [5, 5.41) is 2.76. The van der Waals surface area contributed by atoms with E-state index in [0.717, 1.165) is 29.5 Å². The average Bonchev–Trinajstić information content (AvgIpc) is 3.33. The lowest BCUT2D eigenvalue weighted by molar-refractivity contribution is -0.118. The summed E-state index contributed by atoms with van der Waals surface area (Å²) >= 11 is 0. The molecule has 4 aromatic heterocycles. The molecule has 39 heavy (non-hydrogen) atoms. The Kier molecular flexibility index (Phi) is 5.94. The predicted molar refractivity (Wildman–Crippen MR) is 143 cm³/mol. The Morgan fingerprint density at radius 1 is 1.13 bits per heavy atom. The van der Waals surface area contributed by atoms with Crippen molar-refractivity contribution in [1.29, 1.82) is 0 Å². The van der Waals surface area contributed by atoms with Gasteiger partial charge in [0.1, 0.15) is 6.04 Å². The molecule has 0 bridgehead atoms. The second-order valence-electron chi connectivity index (χ2n) is 9.87. The minimum absolute atomic E-state index is 0.0597. The van der Waals surface area contributed by atoms with Crippen molar-refractivity contribution < 1.29 is 4.79 Å². The third-order valence-electron chi connectivity index (χ3n) is 7.35. The predicted octanol–water partition coefficient (Wildman–Crippen LogP) is 0.823. The van der Waals surface area contributed by atoms with E-state index in [1.807, 2.05) is 0 Å². The number of hydrogen-bond donors (Lipinski definition) is 1. The molecule has 13 nitrogen and oxygen atoms in total. The van der Waals surface area contributed by atoms with Crippen LogP contribution in [0.15, 0.2) is 40.7 Å². The van der Waals surface area contributed by atoms with E-state index in [-0.39, 0.29) is 23.5 Å². The lowest BCUT2D eigenvalue weighted by Crippen LogP contribution is -2.40. The van der Waals surface area contributed by atoms with Crippen LogP contribution in [0.3, 0.4) is 0 Å². The van der Waals surface area contributed by atoms with Gasteiger partial charge in [-0.3, -0.25) is 19.1 Å². The summed E-state index contributed by atoms with van der Waals surface area (Å²) in [4.78, 5) is 63.1. The molecule has 2 fully saturated rings. The number of fused-ring (bicyclic) bond motifs is 2. The summed E-state index contributed by atoms with van der Waals surface area (Å²) in [5.41, 5.74) is 0.408. The summed E-state index contributed by atoms with van der Waals surface area (Å²) in [5.74, 6) is 7.50. The molecule has 13 heteroatoms. The zero-order valence-corrected chi connectivity index (χ0v) is 21.7. The number of nitrogens with zero attached hydrogens (tertiary/aromatic N) is 9. The van der Waals surface area contributed by atoms with E-state index >= 15 is 0 Å². The third kappa shape index (κ3) is 4.33. The van der Waals surface area contributed by atoms with Crippen molar-refractivity contribution in [2.75, 3.05) is 23.3 Å². The van der Waals surface area contributed by atoms with Crippen LogP contribution in [0, 0.1) is 23.7 Å². The number of anilines is 2. The molecule has 1 saturated heterocycles. The number of aromatic nitrogens is 8. The molecule has 3 atom stereocenters. The molecule has 4 aromatic rings. The minimum Gasteiger partial charge on any atom is -0.340 e. The molecule has 0 radical (unpaired) electrons. The van der Waals surface area contributed by atoms with Crippen LogP contribution in [0.1, 0.15) is 26.3 Å². The Hall–Kier alpha value is -4.86. The van der Waals surface area contributed by atoms with Crippen LogP contribution in [-0.2, 0) is 18.4 Å². The van der Waals surface area contributed by atoms with Crippen molar-refractivity contribution in [1.82, 2.24) is 38.6 Å². The minimum atomic E-state index is -0.842. The summed E-state index contributed by atoms with van der Waals surface area (Å²) < 4.78 is 3.73. The van der Waals surface area contributed by atoms with E-state index in [1.54, 1.807) is 32.4 Å². The number of piperidine rings is 1. The van der Waals surface area contributed by atoms with Gasteiger partial charge in [0, 0.05) is 38.1 Å². The molecule has 1 aliphatic heterocycles. The van der Waals surface area contributed by atoms with Crippen molar-refractivity contribution in [2.24, 2.45) is 18.9 Å². The molecule has 1 N–H and O–H groups in total. The van der Waals surface area contributed by atoms with Crippen LogP contribution in [0.4, 0.5) is 11.8 Å². The molecule has 5 heterocycles. The van der Waals surface area contributed by atoms with Gasteiger partial charge in [0.2, 0.25) is 11.9 Å². The lowest BCUT2D eigenvalue weighted by Gasteiger charge is -2.17. The maximum atomic E-state index is 13.2. The summed E-state index contributed by atoms with van der Waals surface area (Å²) in [6.07, 6.45) is 9.11. The molecule has 1 amide bonds. The van der Waals surface area contributed by atoms with Crippen LogP contribution >= 0.6 is 0 Å². The number of rotatable bonds is 6. The first-order valence-electron chi connectivity index (χ1n) is 12.6. The summed E-state index contributed by atoms with van der Waals surface area (Å²) in [6, 6.07) is -0.842. The van der Waals surface area contributed by atoms with Crippen LogP contribution in [-0.4, -0.2) is 57.6 Å². The zero-order valence-electron chi connectivity index (χ0n) is 21.7. The van der Waals surface area contributed by atoms with E-state index in [9.17, 15) is 14.4 Å². The molecular formula is C26H26N10O3. The first-order chi connectivity index (χ1) is 18.9. The number of aryl methyl sites for hydroxylation is 1. The highest BCUT2D eigenvalue weighted by atomic mass is 16.2. The molecular weight excluding hydrogens is 500 g/mol. The summed E-state index contributed by atoms with van der Waals surface area (Å²) in [7, 11) is 1.52. The highest BCUT2D eigenvalue weighted by Gasteiger charge is 2.45. The van der Waals surface area contributed by atoms with Crippen molar-refractivity contribution in [3.05, 3.63) is 52.0 Å². The normalized spacial score (nSPS) is 18.4. The fraction of sp³-hybridized carbons (Fsp3) is 0.385. The number of nitrogens with one attached hydrogen (secondary N) is 1. The quantitative estimate of drug-likeness (QED) is 0.361. The van der Waals surface area contributed by atoms with E-state index < -0.39 is 23.2 Å². The molecule has 1 saturated carbocycles. The number of imidazole rings is 1. The van der Waals surface area contributed by atoms with Gasteiger partial charge in [-0.1, -0.05) is 5.92 Å². The van der Waals surface area contributed by atoms with E-state index in [2.05, 4.69) is 47.0 Å². The highest BCUT2D eigenvalue weighted by molar-refractivity contribution is 5.93. The smallest absolute Gasteiger partial charge is 0.333 e. The second kappa shape index (κ2) is 9.46. The van der Waals surface area contributed by atoms with Gasteiger partial charge in [0.15, 0.2) is 17.0 Å². The Morgan fingerprint density at radius 2 is 1.87 bits per heavy atom. The zero-order chi connectivity index (χ0) is 27.3. The van der Waals surface area contributed by atoms with Crippen molar-refractivity contribution in [3.63, 3.8) is 0 Å². The van der Waals surface area contributed by atoms with E-state index in [0.29, 0.717) is 17.2 Å². The maximum absolute atomic E-state index is 13.2. The lowest BCUT2D eigenvalue weighted by atomic mass is 10.2. The Labute approximate surface area is 222 Å². The molecule has 6 rings (SSSR count). The van der Waals surface area contributed by atoms with Crippen molar-refractivity contribution >= 4 is 28.8 Å². The number of hydrogen-bond acceptors (Lipinski definition) is 9. The van der Waals surface area contributed by atoms with Gasteiger partial charge >= 0.3 is 5.69 Å². The third-order valence-corrected chi connectivity index (χ3v) is 7.35. The molecule has 198 valence electrons. The monoisotopic (exact) mass is 526 g/mol. The topological polar surface area (TPSA) is 146 Å². The molecule has 0 spiro atoms. The van der Waals surface area contributed by atoms with Gasteiger partial charge in [0.25, 0.3) is 5.56 Å². The van der Waals surface area contributed by atoms with Gasteiger partial charge in [-0.15, -0.1) is 5.92 Å². The fourth-order valence-corrected chi connectivity index (χ4v) is 4.98. The van der Waals surface area contributed by atoms with Crippen LogP contribution in [0.5, 0.6) is 0 Å². The Bertz CT molecular complexity index is 1770. The van der Waals surface area contributed by atoms with Crippen molar-refractivity contribution in [3.8, 4) is 23.1 Å². The fourth-order valence-electron chi connectivity index (χ4n) is 4.98. The molecule has 1 aliphatic carbocycles. The van der Waals surface area contributed by atoms with Gasteiger partial charge in [-0.25, -0.2) is 29.3 Å². The molecule has 3 unspecified atom stereocenters. The number of carbonyl (C=O) groups is 1. The van der Waals surface area contributed by atoms with E-state index in [1.165, 1.54) is 35.1 Å². The molecule has 0 aromatic carbocycles. The van der Waals surface area contributed by atoms with Gasteiger partial charge in [0.05, 0.1) is 31.0 Å². The van der Waals surface area contributed by atoms with Gasteiger partial charge in [-0.2, -0.15) is 0 Å². The Balaban J connectivity index is 1.23.